The summed E-state index contributed by atoms with van der Waals surface area (Å²) in [6.07, 6.45) is -1.93. The zero-order valence-corrected chi connectivity index (χ0v) is 24.7. The van der Waals surface area contributed by atoms with Crippen molar-refractivity contribution in [3.63, 3.8) is 0 Å². The van der Waals surface area contributed by atoms with Crippen LogP contribution in [-0.2, 0) is 19.2 Å². The number of hydrogen-bond donors (Lipinski definition) is 0. The van der Waals surface area contributed by atoms with Gasteiger partial charge in [-0.1, -0.05) is 48.0 Å². The van der Waals surface area contributed by atoms with Gasteiger partial charge in [0.05, 0.1) is 19.9 Å². The van der Waals surface area contributed by atoms with Crippen LogP contribution in [0.4, 0.5) is 11.4 Å². The molecule has 5 atom stereocenters. The summed E-state index contributed by atoms with van der Waals surface area (Å²) in [5.74, 6) is 0.927. The van der Waals surface area contributed by atoms with E-state index in [2.05, 4.69) is 0 Å². The zero-order chi connectivity index (χ0) is 30.4. The van der Waals surface area contributed by atoms with Gasteiger partial charge in [0.25, 0.3) is 5.91 Å². The van der Waals surface area contributed by atoms with Crippen molar-refractivity contribution in [3.05, 3.63) is 114 Å². The molecule has 3 aliphatic heterocycles. The average molecular weight is 613 g/mol. The van der Waals surface area contributed by atoms with Crippen LogP contribution in [-0.4, -0.2) is 51.0 Å². The number of fused-ring (bicyclic) bond motifs is 3. The number of benzene rings is 4. The predicted molar refractivity (Wildman–Crippen MR) is 163 cm³/mol. The summed E-state index contributed by atoms with van der Waals surface area (Å²) in [7, 11) is 2.92. The number of ether oxygens (including phenoxy) is 4. The molecule has 10 heteroatoms. The van der Waals surface area contributed by atoms with Crippen LogP contribution in [0.3, 0.4) is 0 Å². The Kier molecular flexibility index (Phi) is 7.07. The predicted octanol–water partition coefficient (Wildman–Crippen LogP) is 5.62. The Morgan fingerprint density at radius 3 is 2.27 bits per heavy atom. The van der Waals surface area contributed by atoms with Gasteiger partial charge in [0.1, 0.15) is 42.0 Å². The van der Waals surface area contributed by atoms with E-state index in [0.29, 0.717) is 39.2 Å². The molecule has 2 fully saturated rings. The zero-order valence-electron chi connectivity index (χ0n) is 24.0. The van der Waals surface area contributed by atoms with Gasteiger partial charge in [-0.3, -0.25) is 19.3 Å². The second kappa shape index (κ2) is 11.1. The first-order chi connectivity index (χ1) is 21.5. The minimum absolute atomic E-state index is 0.0633. The lowest BCUT2D eigenvalue weighted by Crippen LogP contribution is -2.74. The third-order valence-corrected chi connectivity index (χ3v) is 8.76. The number of carbonyl (C=O) groups excluding carboxylic acids is 2. The SMILES string of the molecule is COC(=O)[C@@]12COc3ccc(Cl)cc3[C@@H]1N(c1ccccc1)O[C@H]2[C@H]1[C@H](Oc2ccccc2)C(=O)N1c1ccc(OC)cc1. The standard InChI is InChI=1S/C34H29ClN2O7/c1-40-24-16-14-22(15-17-24)36-28(29(32(36)38)43-25-11-7-4-8-12-25)31-34(33(39)41-2)20-42-27-18-13-21(35)19-26(27)30(34)37(44-31)23-9-5-3-6-10-23/h3-19,28-31H,20H2,1-2H3/t28-,29+,30+,31+,34+/m1/s1. The van der Waals surface area contributed by atoms with Crippen molar-refractivity contribution in [1.29, 1.82) is 0 Å². The minimum atomic E-state index is -1.42. The number of β-lactam (4-membered cyclic amide) rings is 1. The molecule has 224 valence electrons. The molecular weight excluding hydrogens is 584 g/mol. The highest BCUT2D eigenvalue weighted by Crippen LogP contribution is 2.59. The Bertz CT molecular complexity index is 1690. The highest BCUT2D eigenvalue weighted by atomic mass is 35.5. The third-order valence-electron chi connectivity index (χ3n) is 8.52. The molecule has 0 radical (unpaired) electrons. The van der Waals surface area contributed by atoms with Crippen LogP contribution >= 0.6 is 11.6 Å². The quantitative estimate of drug-likeness (QED) is 0.196. The van der Waals surface area contributed by atoms with Crippen LogP contribution in [0.25, 0.3) is 0 Å². The van der Waals surface area contributed by atoms with Crippen molar-refractivity contribution < 1.29 is 33.4 Å². The number of anilines is 2. The molecule has 3 aliphatic rings. The van der Waals surface area contributed by atoms with E-state index in [1.807, 2.05) is 48.5 Å². The van der Waals surface area contributed by atoms with E-state index >= 15 is 0 Å². The second-order valence-electron chi connectivity index (χ2n) is 10.8. The number of hydroxylamine groups is 1. The van der Waals surface area contributed by atoms with Gasteiger partial charge < -0.3 is 18.9 Å². The van der Waals surface area contributed by atoms with Gasteiger partial charge in [0, 0.05) is 16.3 Å². The van der Waals surface area contributed by atoms with E-state index in [9.17, 15) is 9.59 Å². The van der Waals surface area contributed by atoms with Crippen molar-refractivity contribution in [2.45, 2.75) is 24.3 Å². The number of hydrogen-bond acceptors (Lipinski definition) is 8. The second-order valence-corrected chi connectivity index (χ2v) is 11.3. The molecule has 2 saturated heterocycles. The Hall–Kier alpha value is -4.73. The molecule has 3 heterocycles. The number of nitrogens with zero attached hydrogens (tertiary/aromatic N) is 2. The molecular formula is C34H29ClN2O7. The summed E-state index contributed by atoms with van der Waals surface area (Å²) >= 11 is 6.50. The topological polar surface area (TPSA) is 86.8 Å². The molecule has 1 amide bonds. The van der Waals surface area contributed by atoms with E-state index in [-0.39, 0.29) is 12.5 Å². The fraction of sp³-hybridized carbons (Fsp3) is 0.235. The summed E-state index contributed by atoms with van der Waals surface area (Å²) in [6, 6.07) is 29.6. The number of esters is 1. The fourth-order valence-corrected chi connectivity index (χ4v) is 6.66. The number of rotatable bonds is 7. The summed E-state index contributed by atoms with van der Waals surface area (Å²) in [5, 5.41) is 2.20. The van der Waals surface area contributed by atoms with E-state index in [4.69, 9.17) is 35.4 Å². The maximum absolute atomic E-state index is 14.2. The van der Waals surface area contributed by atoms with E-state index in [1.165, 1.54) is 7.11 Å². The van der Waals surface area contributed by atoms with Gasteiger partial charge in [0.2, 0.25) is 6.10 Å². The monoisotopic (exact) mass is 612 g/mol. The lowest BCUT2D eigenvalue weighted by Gasteiger charge is -2.51. The summed E-state index contributed by atoms with van der Waals surface area (Å²) in [5.41, 5.74) is 0.564. The maximum Gasteiger partial charge on any atom is 0.320 e. The molecule has 7 rings (SSSR count). The van der Waals surface area contributed by atoms with Gasteiger partial charge in [-0.15, -0.1) is 0 Å². The van der Waals surface area contributed by atoms with Crippen LogP contribution in [0.2, 0.25) is 5.02 Å². The Balaban J connectivity index is 1.40. The van der Waals surface area contributed by atoms with Crippen LogP contribution in [0.15, 0.2) is 103 Å². The van der Waals surface area contributed by atoms with Gasteiger partial charge >= 0.3 is 5.97 Å². The first-order valence-electron chi connectivity index (χ1n) is 14.2. The van der Waals surface area contributed by atoms with Crippen LogP contribution in [0, 0.1) is 5.41 Å². The Labute approximate surface area is 259 Å². The van der Waals surface area contributed by atoms with Crippen molar-refractivity contribution in [2.75, 3.05) is 30.8 Å². The highest BCUT2D eigenvalue weighted by molar-refractivity contribution is 6.30. The van der Waals surface area contributed by atoms with Crippen LogP contribution in [0.5, 0.6) is 17.2 Å². The van der Waals surface area contributed by atoms with Gasteiger partial charge in [-0.2, -0.15) is 0 Å². The van der Waals surface area contributed by atoms with Gasteiger partial charge in [-0.25, -0.2) is 5.06 Å². The average Bonchev–Trinajstić information content (AvgIpc) is 3.42. The molecule has 0 bridgehead atoms. The van der Waals surface area contributed by atoms with Gasteiger partial charge in [-0.05, 0) is 66.7 Å². The molecule has 0 aliphatic carbocycles. The van der Waals surface area contributed by atoms with Crippen molar-refractivity contribution in [3.8, 4) is 17.2 Å². The van der Waals surface area contributed by atoms with Crippen LogP contribution < -0.4 is 24.2 Å². The van der Waals surface area contributed by atoms with Crippen molar-refractivity contribution in [2.24, 2.45) is 5.41 Å². The van der Waals surface area contributed by atoms with Crippen molar-refractivity contribution >= 4 is 34.9 Å². The number of halogens is 1. The molecule has 0 aromatic heterocycles. The van der Waals surface area contributed by atoms with E-state index < -0.39 is 35.7 Å². The summed E-state index contributed by atoms with van der Waals surface area (Å²) < 4.78 is 23.4. The molecule has 0 saturated carbocycles. The molecule has 44 heavy (non-hydrogen) atoms. The molecule has 4 aromatic rings. The lowest BCUT2D eigenvalue weighted by atomic mass is 9.67. The lowest BCUT2D eigenvalue weighted by molar-refractivity contribution is -0.167. The molecule has 0 unspecified atom stereocenters. The number of amides is 1. The molecule has 4 aromatic carbocycles. The van der Waals surface area contributed by atoms with E-state index in [0.717, 1.165) is 0 Å². The first-order valence-corrected chi connectivity index (χ1v) is 14.5. The number of para-hydroxylation sites is 2. The van der Waals surface area contributed by atoms with Crippen molar-refractivity contribution in [1.82, 2.24) is 0 Å². The highest BCUT2D eigenvalue weighted by Gasteiger charge is 2.72. The first kappa shape index (κ1) is 28.1. The molecule has 0 N–H and O–H groups in total. The summed E-state index contributed by atoms with van der Waals surface area (Å²) in [6.45, 7) is -0.0633. The maximum atomic E-state index is 14.2. The molecule has 9 nitrogen and oxygen atoms in total. The number of methoxy groups -OCH3 is 2. The largest absolute Gasteiger partial charge is 0.497 e. The van der Waals surface area contributed by atoms with Crippen LogP contribution in [0.1, 0.15) is 11.6 Å². The smallest absolute Gasteiger partial charge is 0.320 e. The number of carbonyl (C=O) groups is 2. The minimum Gasteiger partial charge on any atom is -0.497 e. The van der Waals surface area contributed by atoms with Gasteiger partial charge in [0.15, 0.2) is 5.41 Å². The third kappa shape index (κ3) is 4.34. The summed E-state index contributed by atoms with van der Waals surface area (Å²) in [4.78, 5) is 36.5. The van der Waals surface area contributed by atoms with E-state index in [1.54, 1.807) is 71.7 Å². The fourth-order valence-electron chi connectivity index (χ4n) is 6.48. The molecule has 0 spiro atoms. The Morgan fingerprint density at radius 1 is 0.886 bits per heavy atom. The Morgan fingerprint density at radius 2 is 1.59 bits per heavy atom. The normalized spacial score (nSPS) is 25.3.